The predicted octanol–water partition coefficient (Wildman–Crippen LogP) is 4.63. The first-order chi connectivity index (χ1) is 13.3. The number of anilines is 1. The molecular weight excluding hydrogens is 362 g/mol. The average molecular weight is 377 g/mol. The minimum absolute atomic E-state index is 0.135. The Bertz CT molecular complexity index is 1010. The van der Waals surface area contributed by atoms with Crippen molar-refractivity contribution in [3.8, 4) is 17.2 Å². The van der Waals surface area contributed by atoms with E-state index in [0.717, 1.165) is 5.56 Å². The molecule has 2 aromatic carbocycles. The molecule has 0 saturated heterocycles. The van der Waals surface area contributed by atoms with Gasteiger partial charge in [-0.3, -0.25) is 4.79 Å². The molecule has 0 atom stereocenters. The van der Waals surface area contributed by atoms with Crippen LogP contribution in [0.2, 0.25) is 0 Å². The fraction of sp³-hybridized carbons (Fsp3) is 0.0500. The van der Waals surface area contributed by atoms with Gasteiger partial charge in [-0.2, -0.15) is 11.3 Å². The minimum atomic E-state index is -0.135. The number of rotatable bonds is 6. The first kappa shape index (κ1) is 17.0. The molecule has 0 fully saturated rings. The Morgan fingerprint density at radius 3 is 2.59 bits per heavy atom. The lowest BCUT2D eigenvalue weighted by atomic mass is 10.2. The summed E-state index contributed by atoms with van der Waals surface area (Å²) in [5.41, 5.74) is 2.20. The number of benzene rings is 2. The van der Waals surface area contributed by atoms with Crippen molar-refractivity contribution in [1.82, 2.24) is 10.2 Å². The fourth-order valence-electron chi connectivity index (χ4n) is 2.39. The van der Waals surface area contributed by atoms with Crippen LogP contribution >= 0.6 is 11.3 Å². The van der Waals surface area contributed by atoms with Gasteiger partial charge in [0.05, 0.1) is 5.56 Å². The standard InChI is InChI=1S/C20H15N3O3S/c24-19(15-10-11-27-13-15)21-16-6-8-17(9-7-16)25-12-18-22-23-20(26-18)14-4-2-1-3-5-14/h1-11,13H,12H2,(H,21,24). The summed E-state index contributed by atoms with van der Waals surface area (Å²) >= 11 is 1.48. The molecule has 0 spiro atoms. The summed E-state index contributed by atoms with van der Waals surface area (Å²) in [6, 6.07) is 18.5. The molecule has 0 saturated carbocycles. The van der Waals surface area contributed by atoms with Gasteiger partial charge in [0.2, 0.25) is 5.89 Å². The molecule has 2 heterocycles. The highest BCUT2D eigenvalue weighted by Gasteiger charge is 2.09. The van der Waals surface area contributed by atoms with Crippen LogP contribution in [0.3, 0.4) is 0 Å². The zero-order valence-electron chi connectivity index (χ0n) is 14.2. The highest BCUT2D eigenvalue weighted by Crippen LogP contribution is 2.20. The van der Waals surface area contributed by atoms with E-state index in [2.05, 4.69) is 15.5 Å². The Balaban J connectivity index is 1.34. The fourth-order valence-corrected chi connectivity index (χ4v) is 3.02. The topological polar surface area (TPSA) is 77.2 Å². The summed E-state index contributed by atoms with van der Waals surface area (Å²) in [6.45, 7) is 0.167. The van der Waals surface area contributed by atoms with Crippen molar-refractivity contribution in [2.75, 3.05) is 5.32 Å². The summed E-state index contributed by atoms with van der Waals surface area (Å²) in [7, 11) is 0. The molecule has 0 aliphatic carbocycles. The SMILES string of the molecule is O=C(Nc1ccc(OCc2nnc(-c3ccccc3)o2)cc1)c1ccsc1. The molecule has 134 valence electrons. The maximum absolute atomic E-state index is 12.0. The average Bonchev–Trinajstić information content (AvgIpc) is 3.40. The van der Waals surface area contributed by atoms with Gasteiger partial charge in [0.25, 0.3) is 11.8 Å². The molecule has 0 radical (unpaired) electrons. The van der Waals surface area contributed by atoms with Crippen molar-refractivity contribution in [3.63, 3.8) is 0 Å². The van der Waals surface area contributed by atoms with Crippen LogP contribution in [-0.2, 0) is 6.61 Å². The van der Waals surface area contributed by atoms with E-state index in [1.54, 1.807) is 35.7 Å². The van der Waals surface area contributed by atoms with Crippen LogP contribution in [0.15, 0.2) is 75.8 Å². The summed E-state index contributed by atoms with van der Waals surface area (Å²) in [6.07, 6.45) is 0. The Kier molecular flexibility index (Phi) is 4.93. The Labute approximate surface area is 159 Å². The molecule has 7 heteroatoms. The van der Waals surface area contributed by atoms with E-state index in [9.17, 15) is 4.79 Å². The first-order valence-corrected chi connectivity index (χ1v) is 9.16. The highest BCUT2D eigenvalue weighted by molar-refractivity contribution is 7.08. The largest absolute Gasteiger partial charge is 0.484 e. The quantitative estimate of drug-likeness (QED) is 0.530. The zero-order chi connectivity index (χ0) is 18.5. The van der Waals surface area contributed by atoms with Crippen LogP contribution in [0.25, 0.3) is 11.5 Å². The van der Waals surface area contributed by atoms with E-state index in [1.807, 2.05) is 35.7 Å². The zero-order valence-corrected chi connectivity index (χ0v) is 15.0. The second-order valence-electron chi connectivity index (χ2n) is 5.65. The number of hydrogen-bond acceptors (Lipinski definition) is 6. The molecule has 4 rings (SSSR count). The van der Waals surface area contributed by atoms with E-state index in [4.69, 9.17) is 9.15 Å². The third-order valence-corrected chi connectivity index (χ3v) is 4.43. The van der Waals surface area contributed by atoms with E-state index < -0.39 is 0 Å². The van der Waals surface area contributed by atoms with Gasteiger partial charge in [0.15, 0.2) is 6.61 Å². The molecule has 0 aliphatic heterocycles. The highest BCUT2D eigenvalue weighted by atomic mass is 32.1. The van der Waals surface area contributed by atoms with Gasteiger partial charge in [0.1, 0.15) is 5.75 Å². The van der Waals surface area contributed by atoms with E-state index in [1.165, 1.54) is 11.3 Å². The van der Waals surface area contributed by atoms with Gasteiger partial charge in [-0.1, -0.05) is 18.2 Å². The number of thiophene rings is 1. The monoisotopic (exact) mass is 377 g/mol. The van der Waals surface area contributed by atoms with Gasteiger partial charge in [0, 0.05) is 16.6 Å². The van der Waals surface area contributed by atoms with Crippen LogP contribution in [0.5, 0.6) is 5.75 Å². The van der Waals surface area contributed by atoms with Gasteiger partial charge in [-0.05, 0) is 47.8 Å². The molecule has 0 bridgehead atoms. The van der Waals surface area contributed by atoms with Crippen LogP contribution < -0.4 is 10.1 Å². The van der Waals surface area contributed by atoms with Crippen LogP contribution in [0.4, 0.5) is 5.69 Å². The molecule has 0 unspecified atom stereocenters. The Hall–Kier alpha value is -3.45. The van der Waals surface area contributed by atoms with Crippen molar-refractivity contribution in [2.24, 2.45) is 0 Å². The van der Waals surface area contributed by atoms with Crippen molar-refractivity contribution >= 4 is 22.9 Å². The van der Waals surface area contributed by atoms with Crippen LogP contribution in [0, 0.1) is 0 Å². The molecule has 27 heavy (non-hydrogen) atoms. The summed E-state index contributed by atoms with van der Waals surface area (Å²) < 4.78 is 11.3. The van der Waals surface area contributed by atoms with Crippen molar-refractivity contribution < 1.29 is 13.9 Å². The van der Waals surface area contributed by atoms with Gasteiger partial charge >= 0.3 is 0 Å². The summed E-state index contributed by atoms with van der Waals surface area (Å²) in [5, 5.41) is 14.5. The Morgan fingerprint density at radius 1 is 1.04 bits per heavy atom. The lowest BCUT2D eigenvalue weighted by Crippen LogP contribution is -2.10. The predicted molar refractivity (Wildman–Crippen MR) is 103 cm³/mol. The molecular formula is C20H15N3O3S. The summed E-state index contributed by atoms with van der Waals surface area (Å²) in [5.74, 6) is 1.36. The van der Waals surface area contributed by atoms with Gasteiger partial charge < -0.3 is 14.5 Å². The van der Waals surface area contributed by atoms with E-state index in [0.29, 0.717) is 28.8 Å². The first-order valence-electron chi connectivity index (χ1n) is 8.22. The second-order valence-corrected chi connectivity index (χ2v) is 6.43. The third kappa shape index (κ3) is 4.21. The van der Waals surface area contributed by atoms with Gasteiger partial charge in [-0.25, -0.2) is 0 Å². The lowest BCUT2D eigenvalue weighted by molar-refractivity contribution is 0.102. The maximum Gasteiger partial charge on any atom is 0.256 e. The molecule has 1 N–H and O–H groups in total. The molecule has 1 amide bonds. The number of carbonyl (C=O) groups is 1. The minimum Gasteiger partial charge on any atom is -0.484 e. The second kappa shape index (κ2) is 7.84. The molecule has 6 nitrogen and oxygen atoms in total. The lowest BCUT2D eigenvalue weighted by Gasteiger charge is -2.06. The van der Waals surface area contributed by atoms with Crippen LogP contribution in [-0.4, -0.2) is 16.1 Å². The van der Waals surface area contributed by atoms with E-state index >= 15 is 0 Å². The number of hydrogen-bond donors (Lipinski definition) is 1. The molecule has 2 aromatic heterocycles. The van der Waals surface area contributed by atoms with Crippen LogP contribution in [0.1, 0.15) is 16.2 Å². The number of amides is 1. The van der Waals surface area contributed by atoms with Crippen molar-refractivity contribution in [1.29, 1.82) is 0 Å². The number of carbonyl (C=O) groups excluding carboxylic acids is 1. The van der Waals surface area contributed by atoms with Crippen molar-refractivity contribution in [2.45, 2.75) is 6.61 Å². The smallest absolute Gasteiger partial charge is 0.256 e. The van der Waals surface area contributed by atoms with E-state index in [-0.39, 0.29) is 12.5 Å². The van der Waals surface area contributed by atoms with Crippen molar-refractivity contribution in [3.05, 3.63) is 82.9 Å². The Morgan fingerprint density at radius 2 is 1.85 bits per heavy atom. The molecule has 4 aromatic rings. The summed E-state index contributed by atoms with van der Waals surface area (Å²) in [4.78, 5) is 12.0. The van der Waals surface area contributed by atoms with Gasteiger partial charge in [-0.15, -0.1) is 10.2 Å². The normalized spacial score (nSPS) is 10.5. The third-order valence-electron chi connectivity index (χ3n) is 3.75. The number of nitrogens with zero attached hydrogens (tertiary/aromatic N) is 2. The number of aromatic nitrogens is 2. The maximum atomic E-state index is 12.0. The number of nitrogens with one attached hydrogen (secondary N) is 1. The molecule has 0 aliphatic rings. The number of ether oxygens (including phenoxy) is 1.